The van der Waals surface area contributed by atoms with Gasteiger partial charge < -0.3 is 4.74 Å². The maximum atomic E-state index is 5.75. The van der Waals surface area contributed by atoms with Gasteiger partial charge in [-0.1, -0.05) is 19.9 Å². The van der Waals surface area contributed by atoms with Gasteiger partial charge in [0.15, 0.2) is 0 Å². The van der Waals surface area contributed by atoms with E-state index in [4.69, 9.17) is 16.3 Å². The summed E-state index contributed by atoms with van der Waals surface area (Å²) in [6, 6.07) is 6.03. The summed E-state index contributed by atoms with van der Waals surface area (Å²) in [6.07, 6.45) is 1.57. The molecule has 2 rings (SSSR count). The van der Waals surface area contributed by atoms with Crippen LogP contribution in [0, 0.1) is 0 Å². The van der Waals surface area contributed by atoms with Crippen molar-refractivity contribution >= 4 is 11.6 Å². The second-order valence-electron chi connectivity index (χ2n) is 4.23. The molecule has 0 aliphatic rings. The predicted molar refractivity (Wildman–Crippen MR) is 70.9 cm³/mol. The van der Waals surface area contributed by atoms with Crippen LogP contribution in [0.5, 0.6) is 5.75 Å². The second kappa shape index (κ2) is 5.31. The highest BCUT2D eigenvalue weighted by atomic mass is 35.5. The normalized spacial score (nSPS) is 10.7. The third kappa shape index (κ3) is 2.59. The molecule has 0 spiro atoms. The number of methoxy groups -OCH3 is 1. The topological polar surface area (TPSA) is 47.9 Å². The lowest BCUT2D eigenvalue weighted by Crippen LogP contribution is -1.96. The summed E-state index contributed by atoms with van der Waals surface area (Å²) < 4.78 is 5.40. The lowest BCUT2D eigenvalue weighted by molar-refractivity contribution is 0.415. The maximum absolute atomic E-state index is 5.75. The Balaban J connectivity index is 2.51. The second-order valence-corrected chi connectivity index (χ2v) is 4.56. The van der Waals surface area contributed by atoms with Gasteiger partial charge in [0, 0.05) is 5.56 Å². The molecule has 0 N–H and O–H groups in total. The summed E-state index contributed by atoms with van der Waals surface area (Å²) in [5.74, 6) is 1.21. The van der Waals surface area contributed by atoms with Crippen molar-refractivity contribution in [3.8, 4) is 17.0 Å². The third-order valence-corrected chi connectivity index (χ3v) is 2.86. The number of rotatable bonds is 3. The van der Waals surface area contributed by atoms with Crippen molar-refractivity contribution in [2.45, 2.75) is 19.8 Å². The quantitative estimate of drug-likeness (QED) is 0.852. The van der Waals surface area contributed by atoms with Crippen LogP contribution in [-0.2, 0) is 0 Å². The Hall–Kier alpha value is -1.68. The molecule has 0 aliphatic carbocycles. The van der Waals surface area contributed by atoms with Crippen molar-refractivity contribution < 1.29 is 4.74 Å². The number of aromatic nitrogens is 3. The number of nitrogens with zero attached hydrogens (tertiary/aromatic N) is 3. The Kier molecular flexibility index (Phi) is 3.77. The molecule has 0 fully saturated rings. The van der Waals surface area contributed by atoms with Crippen LogP contribution >= 0.6 is 11.6 Å². The van der Waals surface area contributed by atoms with Gasteiger partial charge in [0.25, 0.3) is 0 Å². The average Bonchev–Trinajstić information content (AvgIpc) is 2.37. The maximum Gasteiger partial charge on any atom is 0.243 e. The first-order chi connectivity index (χ1) is 8.61. The van der Waals surface area contributed by atoms with Gasteiger partial charge in [-0.3, -0.25) is 0 Å². The molecule has 0 aliphatic heterocycles. The largest absolute Gasteiger partial charge is 0.496 e. The molecule has 1 aromatic heterocycles. The molecule has 0 amide bonds. The minimum absolute atomic E-state index is 0.127. The van der Waals surface area contributed by atoms with Gasteiger partial charge in [-0.2, -0.15) is 5.10 Å². The molecule has 18 heavy (non-hydrogen) atoms. The number of hydrogen-bond acceptors (Lipinski definition) is 4. The Morgan fingerprint density at radius 3 is 2.67 bits per heavy atom. The fourth-order valence-corrected chi connectivity index (χ4v) is 1.82. The minimum Gasteiger partial charge on any atom is -0.496 e. The van der Waals surface area contributed by atoms with Crippen LogP contribution in [0.2, 0.25) is 5.28 Å². The van der Waals surface area contributed by atoms with Gasteiger partial charge in [-0.15, -0.1) is 5.10 Å². The zero-order chi connectivity index (χ0) is 13.1. The first-order valence-corrected chi connectivity index (χ1v) is 6.03. The molecule has 0 atom stereocenters. The molecule has 0 unspecified atom stereocenters. The van der Waals surface area contributed by atoms with Gasteiger partial charge in [0.2, 0.25) is 5.28 Å². The fourth-order valence-electron chi connectivity index (χ4n) is 1.69. The van der Waals surface area contributed by atoms with Crippen LogP contribution < -0.4 is 4.74 Å². The van der Waals surface area contributed by atoms with Crippen molar-refractivity contribution in [3.63, 3.8) is 0 Å². The summed E-state index contributed by atoms with van der Waals surface area (Å²) in [6.45, 7) is 4.27. The van der Waals surface area contributed by atoms with E-state index in [2.05, 4.69) is 35.1 Å². The predicted octanol–water partition coefficient (Wildman–Crippen LogP) is 3.32. The summed E-state index contributed by atoms with van der Waals surface area (Å²) in [5, 5.41) is 7.55. The number of ether oxygens (including phenoxy) is 1. The molecule has 0 saturated carbocycles. The van der Waals surface area contributed by atoms with Crippen molar-refractivity contribution in [3.05, 3.63) is 35.2 Å². The Morgan fingerprint density at radius 1 is 1.28 bits per heavy atom. The van der Waals surface area contributed by atoms with Crippen molar-refractivity contribution in [2.24, 2.45) is 0 Å². The smallest absolute Gasteiger partial charge is 0.243 e. The molecule has 94 valence electrons. The van der Waals surface area contributed by atoms with Gasteiger partial charge >= 0.3 is 0 Å². The van der Waals surface area contributed by atoms with Gasteiger partial charge in [-0.25, -0.2) is 4.98 Å². The van der Waals surface area contributed by atoms with E-state index in [1.54, 1.807) is 13.3 Å². The summed E-state index contributed by atoms with van der Waals surface area (Å²) in [4.78, 5) is 4.14. The van der Waals surface area contributed by atoms with E-state index in [0.29, 0.717) is 11.6 Å². The van der Waals surface area contributed by atoms with Crippen molar-refractivity contribution in [1.29, 1.82) is 0 Å². The number of hydrogen-bond donors (Lipinski definition) is 0. The Labute approximate surface area is 111 Å². The summed E-state index contributed by atoms with van der Waals surface area (Å²) in [5.41, 5.74) is 2.73. The SMILES string of the molecule is COc1cc(C(C)C)ccc1-c1cnnc(Cl)n1. The van der Waals surface area contributed by atoms with Crippen LogP contribution in [0.25, 0.3) is 11.3 Å². The minimum atomic E-state index is 0.127. The Morgan fingerprint density at radius 2 is 2.06 bits per heavy atom. The number of benzene rings is 1. The first-order valence-electron chi connectivity index (χ1n) is 5.65. The first kappa shape index (κ1) is 12.8. The molecule has 1 heterocycles. The molecular weight excluding hydrogens is 250 g/mol. The standard InChI is InChI=1S/C13H14ClN3O/c1-8(2)9-4-5-10(12(6-9)18-3)11-7-15-17-13(14)16-11/h4-8H,1-3H3. The van der Waals surface area contributed by atoms with Gasteiger partial charge in [0.1, 0.15) is 5.75 Å². The highest BCUT2D eigenvalue weighted by molar-refractivity contribution is 6.28. The summed E-state index contributed by atoms with van der Waals surface area (Å²) in [7, 11) is 1.64. The molecule has 1 aromatic carbocycles. The van der Waals surface area contributed by atoms with E-state index >= 15 is 0 Å². The highest BCUT2D eigenvalue weighted by Crippen LogP contribution is 2.31. The molecule has 5 heteroatoms. The zero-order valence-electron chi connectivity index (χ0n) is 10.5. The molecule has 2 aromatic rings. The van der Waals surface area contributed by atoms with E-state index in [9.17, 15) is 0 Å². The van der Waals surface area contributed by atoms with Crippen molar-refractivity contribution in [1.82, 2.24) is 15.2 Å². The van der Waals surface area contributed by atoms with Crippen molar-refractivity contribution in [2.75, 3.05) is 7.11 Å². The fraction of sp³-hybridized carbons (Fsp3) is 0.308. The summed E-state index contributed by atoms with van der Waals surface area (Å²) >= 11 is 5.75. The lowest BCUT2D eigenvalue weighted by Gasteiger charge is -2.12. The van der Waals surface area contributed by atoms with Crippen LogP contribution in [0.3, 0.4) is 0 Å². The molecule has 0 saturated heterocycles. The van der Waals surface area contributed by atoms with Crippen LogP contribution in [-0.4, -0.2) is 22.3 Å². The van der Waals surface area contributed by atoms with Crippen LogP contribution in [0.1, 0.15) is 25.3 Å². The zero-order valence-corrected chi connectivity index (χ0v) is 11.3. The van der Waals surface area contributed by atoms with E-state index in [-0.39, 0.29) is 5.28 Å². The number of halogens is 1. The lowest BCUT2D eigenvalue weighted by atomic mass is 10.00. The van der Waals surface area contributed by atoms with E-state index in [1.165, 1.54) is 5.56 Å². The molecule has 0 radical (unpaired) electrons. The molecular formula is C13H14ClN3O. The van der Waals surface area contributed by atoms with E-state index in [1.807, 2.05) is 12.1 Å². The molecule has 0 bridgehead atoms. The monoisotopic (exact) mass is 263 g/mol. The van der Waals surface area contributed by atoms with E-state index < -0.39 is 0 Å². The third-order valence-electron chi connectivity index (χ3n) is 2.70. The van der Waals surface area contributed by atoms with Gasteiger partial charge in [-0.05, 0) is 35.2 Å². The van der Waals surface area contributed by atoms with Crippen LogP contribution in [0.15, 0.2) is 24.4 Å². The van der Waals surface area contributed by atoms with E-state index in [0.717, 1.165) is 11.3 Å². The van der Waals surface area contributed by atoms with Gasteiger partial charge in [0.05, 0.1) is 19.0 Å². The Bertz CT molecular complexity index is 558. The average molecular weight is 264 g/mol. The van der Waals surface area contributed by atoms with Crippen LogP contribution in [0.4, 0.5) is 0 Å². The molecule has 4 nitrogen and oxygen atoms in total. The highest BCUT2D eigenvalue weighted by Gasteiger charge is 2.11.